The smallest absolute Gasteiger partial charge is 0.269 e. The van der Waals surface area contributed by atoms with Crippen molar-refractivity contribution in [3.63, 3.8) is 0 Å². The Morgan fingerprint density at radius 2 is 2.07 bits per heavy atom. The largest absolute Gasteiger partial charge is 0.445 e. The SMILES string of the molecule is CN1CC=C(c2cn(S(=O)(=O)c3cccnc3)c3ccc(-c4ncco4)cc23)CC1. The van der Waals surface area contributed by atoms with Crippen LogP contribution in [0.5, 0.6) is 0 Å². The van der Waals surface area contributed by atoms with Gasteiger partial charge in [-0.15, -0.1) is 0 Å². The average molecular weight is 420 g/mol. The molecule has 0 amide bonds. The second-order valence-corrected chi connectivity index (χ2v) is 9.16. The van der Waals surface area contributed by atoms with E-state index in [0.29, 0.717) is 11.4 Å². The number of nitrogens with zero attached hydrogens (tertiary/aromatic N) is 4. The Hall–Kier alpha value is -3.23. The van der Waals surface area contributed by atoms with E-state index in [1.807, 2.05) is 18.2 Å². The van der Waals surface area contributed by atoms with Crippen molar-refractivity contribution in [1.29, 1.82) is 0 Å². The number of oxazole rings is 1. The van der Waals surface area contributed by atoms with Crippen molar-refractivity contribution in [1.82, 2.24) is 18.8 Å². The van der Waals surface area contributed by atoms with Crippen LogP contribution in [0.15, 0.2) is 76.8 Å². The Labute approximate surface area is 174 Å². The number of hydrogen-bond acceptors (Lipinski definition) is 6. The lowest BCUT2D eigenvalue weighted by molar-refractivity contribution is 0.370. The van der Waals surface area contributed by atoms with Gasteiger partial charge in [-0.1, -0.05) is 6.08 Å². The number of likely N-dealkylation sites (N-methyl/N-ethyl adjacent to an activating group) is 1. The lowest BCUT2D eigenvalue weighted by Crippen LogP contribution is -2.23. The minimum atomic E-state index is -3.78. The van der Waals surface area contributed by atoms with E-state index < -0.39 is 10.0 Å². The van der Waals surface area contributed by atoms with Gasteiger partial charge in [0.25, 0.3) is 10.0 Å². The van der Waals surface area contributed by atoms with Gasteiger partial charge >= 0.3 is 0 Å². The van der Waals surface area contributed by atoms with Gasteiger partial charge in [0.1, 0.15) is 11.2 Å². The molecule has 0 saturated heterocycles. The predicted molar refractivity (Wildman–Crippen MR) is 114 cm³/mol. The highest BCUT2D eigenvalue weighted by Gasteiger charge is 2.24. The highest BCUT2D eigenvalue weighted by atomic mass is 32.2. The van der Waals surface area contributed by atoms with Crippen LogP contribution in [0.2, 0.25) is 0 Å². The summed E-state index contributed by atoms with van der Waals surface area (Å²) in [7, 11) is -1.71. The lowest BCUT2D eigenvalue weighted by Gasteiger charge is -2.21. The highest BCUT2D eigenvalue weighted by Crippen LogP contribution is 2.35. The highest BCUT2D eigenvalue weighted by molar-refractivity contribution is 7.90. The predicted octanol–water partition coefficient (Wildman–Crippen LogP) is 3.65. The van der Waals surface area contributed by atoms with Crippen LogP contribution in [0.3, 0.4) is 0 Å². The summed E-state index contributed by atoms with van der Waals surface area (Å²) >= 11 is 0. The number of aromatic nitrogens is 3. The second kappa shape index (κ2) is 7.23. The maximum Gasteiger partial charge on any atom is 0.269 e. The van der Waals surface area contributed by atoms with E-state index in [0.717, 1.165) is 41.6 Å². The van der Waals surface area contributed by atoms with Crippen molar-refractivity contribution in [3.8, 4) is 11.5 Å². The number of benzene rings is 1. The number of pyridine rings is 1. The van der Waals surface area contributed by atoms with Gasteiger partial charge in [0.15, 0.2) is 0 Å². The number of fused-ring (bicyclic) bond motifs is 1. The third-order valence-electron chi connectivity index (χ3n) is 5.40. The molecule has 30 heavy (non-hydrogen) atoms. The van der Waals surface area contributed by atoms with Crippen LogP contribution in [0.25, 0.3) is 27.9 Å². The summed E-state index contributed by atoms with van der Waals surface area (Å²) in [6.07, 6.45) is 10.8. The van der Waals surface area contributed by atoms with E-state index in [1.54, 1.807) is 30.7 Å². The Kier molecular flexibility index (Phi) is 4.52. The molecule has 0 fully saturated rings. The van der Waals surface area contributed by atoms with Crippen molar-refractivity contribution < 1.29 is 12.8 Å². The zero-order valence-corrected chi connectivity index (χ0v) is 17.2. The van der Waals surface area contributed by atoms with Gasteiger partial charge in [0, 0.05) is 48.2 Å². The lowest BCUT2D eigenvalue weighted by atomic mass is 9.98. The van der Waals surface area contributed by atoms with Crippen molar-refractivity contribution >= 4 is 26.5 Å². The van der Waals surface area contributed by atoms with Crippen LogP contribution in [0, 0.1) is 0 Å². The summed E-state index contributed by atoms with van der Waals surface area (Å²) in [6.45, 7) is 1.75. The Balaban J connectivity index is 1.74. The van der Waals surface area contributed by atoms with Gasteiger partial charge in [-0.05, 0) is 49.4 Å². The maximum atomic E-state index is 13.4. The summed E-state index contributed by atoms with van der Waals surface area (Å²) in [4.78, 5) is 10.6. The number of hydrogen-bond donors (Lipinski definition) is 0. The molecule has 0 atom stereocenters. The Bertz CT molecular complexity index is 1340. The van der Waals surface area contributed by atoms with E-state index >= 15 is 0 Å². The van der Waals surface area contributed by atoms with E-state index in [9.17, 15) is 8.42 Å². The van der Waals surface area contributed by atoms with Gasteiger partial charge in [-0.25, -0.2) is 17.4 Å². The first-order valence-electron chi connectivity index (χ1n) is 9.62. The fourth-order valence-electron chi connectivity index (χ4n) is 3.78. The fraction of sp³-hybridized carbons (Fsp3) is 0.182. The average Bonchev–Trinajstić information content (AvgIpc) is 3.43. The van der Waals surface area contributed by atoms with E-state index in [2.05, 4.69) is 28.0 Å². The van der Waals surface area contributed by atoms with Crippen molar-refractivity contribution in [3.05, 3.63) is 73.0 Å². The number of rotatable bonds is 4. The second-order valence-electron chi connectivity index (χ2n) is 7.34. The third kappa shape index (κ3) is 3.14. The van der Waals surface area contributed by atoms with Crippen LogP contribution < -0.4 is 0 Å². The first kappa shape index (κ1) is 18.8. The van der Waals surface area contributed by atoms with Gasteiger partial charge in [0.2, 0.25) is 5.89 Å². The van der Waals surface area contributed by atoms with Crippen molar-refractivity contribution in [2.45, 2.75) is 11.3 Å². The molecule has 1 aliphatic heterocycles. The minimum absolute atomic E-state index is 0.155. The Morgan fingerprint density at radius 1 is 1.17 bits per heavy atom. The topological polar surface area (TPSA) is 81.2 Å². The maximum absolute atomic E-state index is 13.4. The van der Waals surface area contributed by atoms with Gasteiger partial charge in [0.05, 0.1) is 11.7 Å². The molecule has 0 saturated carbocycles. The van der Waals surface area contributed by atoms with E-state index in [-0.39, 0.29) is 4.90 Å². The van der Waals surface area contributed by atoms with Crippen LogP contribution in [0.1, 0.15) is 12.0 Å². The van der Waals surface area contributed by atoms with Crippen LogP contribution >= 0.6 is 0 Å². The standard InChI is InChI=1S/C22H20N4O3S/c1-25-10-6-16(7-11-25)20-15-26(30(27,28)18-3-2-8-23-14-18)21-5-4-17(13-19(20)21)22-24-9-12-29-22/h2-6,8-9,12-15H,7,10-11H2,1H3. The first-order valence-corrected chi connectivity index (χ1v) is 11.1. The van der Waals surface area contributed by atoms with Crippen molar-refractivity contribution in [2.24, 2.45) is 0 Å². The molecule has 152 valence electrons. The molecule has 0 radical (unpaired) electrons. The molecule has 0 spiro atoms. The van der Waals surface area contributed by atoms with Gasteiger partial charge < -0.3 is 9.32 Å². The summed E-state index contributed by atoms with van der Waals surface area (Å²) in [5.41, 5.74) is 3.48. The Morgan fingerprint density at radius 3 is 2.77 bits per heavy atom. The molecule has 1 aliphatic rings. The minimum Gasteiger partial charge on any atom is -0.445 e. The molecular weight excluding hydrogens is 400 g/mol. The van der Waals surface area contributed by atoms with Gasteiger partial charge in [-0.3, -0.25) is 4.98 Å². The molecule has 4 aromatic rings. The fourth-order valence-corrected chi connectivity index (χ4v) is 5.12. The quantitative estimate of drug-likeness (QED) is 0.501. The monoisotopic (exact) mass is 420 g/mol. The molecule has 3 aromatic heterocycles. The zero-order valence-electron chi connectivity index (χ0n) is 16.4. The summed E-state index contributed by atoms with van der Waals surface area (Å²) in [5.74, 6) is 0.503. The summed E-state index contributed by atoms with van der Waals surface area (Å²) in [6, 6.07) is 8.77. The van der Waals surface area contributed by atoms with Crippen LogP contribution in [-0.4, -0.2) is 47.4 Å². The van der Waals surface area contributed by atoms with Crippen LogP contribution in [-0.2, 0) is 10.0 Å². The molecule has 4 heterocycles. The molecular formula is C22H20N4O3S. The third-order valence-corrected chi connectivity index (χ3v) is 7.06. The molecule has 0 unspecified atom stereocenters. The normalized spacial score (nSPS) is 15.4. The molecule has 8 heteroatoms. The molecule has 0 aliphatic carbocycles. The van der Waals surface area contributed by atoms with Crippen molar-refractivity contribution in [2.75, 3.05) is 20.1 Å². The molecule has 7 nitrogen and oxygen atoms in total. The molecule has 0 N–H and O–H groups in total. The molecule has 1 aromatic carbocycles. The van der Waals surface area contributed by atoms with E-state index in [1.165, 1.54) is 16.4 Å². The van der Waals surface area contributed by atoms with E-state index in [4.69, 9.17) is 4.42 Å². The summed E-state index contributed by atoms with van der Waals surface area (Å²) < 4.78 is 33.5. The molecule has 0 bridgehead atoms. The summed E-state index contributed by atoms with van der Waals surface area (Å²) in [5, 5.41) is 0.856. The zero-order chi connectivity index (χ0) is 20.7. The first-order chi connectivity index (χ1) is 14.5. The van der Waals surface area contributed by atoms with Gasteiger partial charge in [-0.2, -0.15) is 0 Å². The van der Waals surface area contributed by atoms with Crippen LogP contribution in [0.4, 0.5) is 0 Å². The molecule has 5 rings (SSSR count).